The Balaban J connectivity index is 4.49. The van der Waals surface area contributed by atoms with Crippen molar-refractivity contribution in [3.05, 3.63) is 11.3 Å². The lowest BCUT2D eigenvalue weighted by Crippen LogP contribution is -2.54. The zero-order valence-corrected chi connectivity index (χ0v) is 13.4. The van der Waals surface area contributed by atoms with Gasteiger partial charge < -0.3 is 0 Å². The molecule has 0 unspecified atom stereocenters. The minimum Gasteiger partial charge on any atom is -0.297 e. The molecule has 0 amide bonds. The Morgan fingerprint density at radius 2 is 1.40 bits per heavy atom. The van der Waals surface area contributed by atoms with E-state index in [1.54, 1.807) is 0 Å². The molecule has 1 nitrogen and oxygen atoms in total. The quantitative estimate of drug-likeness (QED) is 0.670. The highest BCUT2D eigenvalue weighted by Gasteiger charge is 2.30. The predicted octanol–water partition coefficient (Wildman–Crippen LogP) is 2.94. The number of rotatable bonds is 3. The molecule has 0 aromatic rings. The van der Waals surface area contributed by atoms with E-state index in [1.807, 2.05) is 0 Å². The summed E-state index contributed by atoms with van der Waals surface area (Å²) in [6, 6.07) is 0. The predicted molar refractivity (Wildman–Crippen MR) is 74.2 cm³/mol. The van der Waals surface area contributed by atoms with E-state index in [0.29, 0.717) is 0 Å². The summed E-state index contributed by atoms with van der Waals surface area (Å²) in [6.45, 7) is 18.3. The van der Waals surface area contributed by atoms with Gasteiger partial charge in [0.2, 0.25) is 0 Å². The molecule has 0 heterocycles. The maximum Gasteiger partial charge on any atom is 0.0612 e. The Labute approximate surface area is 98.8 Å². The fourth-order valence-electron chi connectivity index (χ4n) is 2.16. The van der Waals surface area contributed by atoms with Crippen LogP contribution in [0.4, 0.5) is 0 Å². The fraction of sp³-hybridized carbons (Fsp3) is 0.846. The molecule has 0 saturated carbocycles. The molecule has 0 saturated heterocycles. The van der Waals surface area contributed by atoms with Crippen molar-refractivity contribution in [2.75, 3.05) is 6.17 Å². The molecule has 0 radical (unpaired) electrons. The Hall–Kier alpha value is -0.0831. The molecular weight excluding hydrogens is 198 g/mol. The van der Waals surface area contributed by atoms with Gasteiger partial charge in [0.15, 0.2) is 0 Å². The lowest BCUT2D eigenvalue weighted by Gasteiger charge is -2.45. The van der Waals surface area contributed by atoms with Crippen LogP contribution >= 0.6 is 0 Å². The van der Waals surface area contributed by atoms with Crippen LogP contribution in [0.1, 0.15) is 55.4 Å². The average molecular weight is 227 g/mol. The maximum atomic E-state index is 2.63. The van der Waals surface area contributed by atoms with Crippen LogP contribution in [0.3, 0.4) is 0 Å². The van der Waals surface area contributed by atoms with E-state index < -0.39 is 0 Å². The van der Waals surface area contributed by atoms with Gasteiger partial charge in [-0.05, 0) is 61.6 Å². The van der Waals surface area contributed by atoms with Crippen LogP contribution in [0.2, 0.25) is 0 Å². The van der Waals surface area contributed by atoms with Gasteiger partial charge in [0.25, 0.3) is 0 Å². The smallest absolute Gasteiger partial charge is 0.0612 e. The number of hydrogen-bond donors (Lipinski definition) is 0. The topological polar surface area (TPSA) is 3.24 Å². The third kappa shape index (κ3) is 6.16. The first-order chi connectivity index (χ1) is 6.55. The van der Waals surface area contributed by atoms with E-state index in [-0.39, 0.29) is 20.6 Å². The number of allylic oxidation sites excluding steroid dienone is 1. The van der Waals surface area contributed by atoms with Crippen molar-refractivity contribution in [1.29, 1.82) is 0 Å². The Bertz CT molecular complexity index is 200. The first-order valence-electron chi connectivity index (χ1n) is 5.96. The van der Waals surface area contributed by atoms with Crippen LogP contribution in [0.5, 0.6) is 0 Å². The summed E-state index contributed by atoms with van der Waals surface area (Å²) in [5, 5.41) is 0. The zero-order chi connectivity index (χ0) is 12.3. The lowest BCUT2D eigenvalue weighted by molar-refractivity contribution is 0.0594. The highest BCUT2D eigenvalue weighted by Crippen LogP contribution is 2.23. The summed E-state index contributed by atoms with van der Waals surface area (Å²) in [4.78, 5) is 2.63. The minimum atomic E-state index is -0.0793. The summed E-state index contributed by atoms with van der Waals surface area (Å²) in [5.41, 5.74) is 4.50. The summed E-state index contributed by atoms with van der Waals surface area (Å²) >= 11 is 0. The van der Waals surface area contributed by atoms with Gasteiger partial charge in [0, 0.05) is 11.1 Å². The molecule has 2 heteroatoms. The van der Waals surface area contributed by atoms with Crippen LogP contribution in [0.25, 0.3) is 0 Å². The van der Waals surface area contributed by atoms with Crippen LogP contribution in [0, 0.1) is 0 Å². The lowest BCUT2D eigenvalue weighted by atomic mass is 9.97. The Morgan fingerprint density at radius 1 is 1.00 bits per heavy atom. The molecule has 0 aliphatic carbocycles. The molecule has 90 valence electrons. The molecule has 0 aromatic carbocycles. The minimum absolute atomic E-state index is 0.0793. The molecule has 0 bridgehead atoms. The van der Waals surface area contributed by atoms with E-state index in [4.69, 9.17) is 0 Å². The van der Waals surface area contributed by atoms with E-state index in [1.165, 1.54) is 11.7 Å². The van der Waals surface area contributed by atoms with E-state index in [2.05, 4.69) is 66.0 Å². The third-order valence-corrected chi connectivity index (χ3v) is 4.34. The van der Waals surface area contributed by atoms with Crippen molar-refractivity contribution < 1.29 is 0 Å². The highest BCUT2D eigenvalue weighted by molar-refractivity contribution is 6.42. The highest BCUT2D eigenvalue weighted by atomic mass is 28.2. The van der Waals surface area contributed by atoms with Crippen LogP contribution in [-0.4, -0.2) is 31.7 Å². The van der Waals surface area contributed by atoms with Gasteiger partial charge in [0.05, 0.1) is 9.52 Å². The van der Waals surface area contributed by atoms with Gasteiger partial charge in [-0.2, -0.15) is 0 Å². The average Bonchev–Trinajstić information content (AvgIpc) is 1.92. The van der Waals surface area contributed by atoms with E-state index in [9.17, 15) is 0 Å². The second-order valence-corrected chi connectivity index (χ2v) is 8.00. The van der Waals surface area contributed by atoms with Gasteiger partial charge in [-0.25, -0.2) is 0 Å². The molecule has 0 aliphatic rings. The van der Waals surface area contributed by atoms with Gasteiger partial charge in [-0.15, -0.1) is 5.70 Å². The molecule has 0 N–H and O–H groups in total. The normalized spacial score (nSPS) is 13.9. The Kier molecular flexibility index (Phi) is 5.28. The third-order valence-electron chi connectivity index (χ3n) is 2.52. The van der Waals surface area contributed by atoms with E-state index in [0.717, 1.165) is 0 Å². The number of nitrogens with zero attached hydrogens (tertiary/aromatic N) is 1. The Morgan fingerprint density at radius 3 is 1.67 bits per heavy atom. The summed E-state index contributed by atoms with van der Waals surface area (Å²) < 4.78 is 0. The van der Waals surface area contributed by atoms with E-state index >= 15 is 0 Å². The SMILES string of the molecule is CC(C)=C[SiH2]CN(C(C)(C)C)C(C)(C)C. The molecular formula is C13H29NSi. The molecule has 0 atom stereocenters. The second kappa shape index (κ2) is 5.31. The molecule has 0 aliphatic heterocycles. The van der Waals surface area contributed by atoms with Crippen molar-refractivity contribution in [1.82, 2.24) is 4.90 Å². The van der Waals surface area contributed by atoms with Crippen LogP contribution in [0.15, 0.2) is 11.3 Å². The summed E-state index contributed by atoms with van der Waals surface area (Å²) in [6.07, 6.45) is 1.28. The van der Waals surface area contributed by atoms with Gasteiger partial charge in [-0.3, -0.25) is 4.90 Å². The molecule has 0 fully saturated rings. The van der Waals surface area contributed by atoms with Crippen molar-refractivity contribution in [2.45, 2.75) is 66.5 Å². The van der Waals surface area contributed by atoms with Gasteiger partial charge >= 0.3 is 0 Å². The first kappa shape index (κ1) is 14.9. The van der Waals surface area contributed by atoms with Crippen molar-refractivity contribution in [3.8, 4) is 0 Å². The van der Waals surface area contributed by atoms with Gasteiger partial charge in [-0.1, -0.05) is 5.57 Å². The van der Waals surface area contributed by atoms with Crippen molar-refractivity contribution >= 4 is 9.52 Å². The molecule has 15 heavy (non-hydrogen) atoms. The van der Waals surface area contributed by atoms with Crippen LogP contribution < -0.4 is 0 Å². The standard InChI is InChI=1S/C13H29NSi/c1-11(2)9-15-10-14(12(3,4)5)13(6,7)8/h9H,10,15H2,1-8H3. The zero-order valence-electron chi connectivity index (χ0n) is 11.9. The molecule has 0 spiro atoms. The van der Waals surface area contributed by atoms with Crippen molar-refractivity contribution in [2.24, 2.45) is 0 Å². The summed E-state index contributed by atoms with van der Waals surface area (Å²) in [7, 11) is -0.0793. The molecule has 0 rings (SSSR count). The van der Waals surface area contributed by atoms with Crippen molar-refractivity contribution in [3.63, 3.8) is 0 Å². The summed E-state index contributed by atoms with van der Waals surface area (Å²) in [5.74, 6) is 0. The second-order valence-electron chi connectivity index (χ2n) is 6.56. The largest absolute Gasteiger partial charge is 0.297 e. The number of hydrogen-bond acceptors (Lipinski definition) is 1. The van der Waals surface area contributed by atoms with Gasteiger partial charge in [0.1, 0.15) is 0 Å². The monoisotopic (exact) mass is 227 g/mol. The first-order valence-corrected chi connectivity index (χ1v) is 7.78. The van der Waals surface area contributed by atoms with Crippen LogP contribution in [-0.2, 0) is 0 Å². The maximum absolute atomic E-state index is 2.63. The molecule has 0 aromatic heterocycles. The fourth-order valence-corrected chi connectivity index (χ4v) is 4.47.